The summed E-state index contributed by atoms with van der Waals surface area (Å²) < 4.78 is 13.7. The second-order valence-corrected chi connectivity index (χ2v) is 4.61. The van der Waals surface area contributed by atoms with Crippen LogP contribution in [0.5, 0.6) is 0 Å². The molecule has 5 heteroatoms. The Morgan fingerprint density at radius 3 is 2.62 bits per heavy atom. The summed E-state index contributed by atoms with van der Waals surface area (Å²) in [6.45, 7) is 0.737. The molecule has 1 aromatic carbocycles. The maximum absolute atomic E-state index is 13.7. The summed E-state index contributed by atoms with van der Waals surface area (Å²) in [5, 5.41) is 2.95. The van der Waals surface area contributed by atoms with Crippen LogP contribution in [0.3, 0.4) is 0 Å². The number of nitrogens with two attached hydrogens (primary N) is 2. The molecule has 0 bridgehead atoms. The molecule has 1 aliphatic rings. The van der Waals surface area contributed by atoms with Crippen LogP contribution in [0.25, 0.3) is 0 Å². The van der Waals surface area contributed by atoms with Crippen LogP contribution in [0.15, 0.2) is 6.07 Å². The highest BCUT2D eigenvalue weighted by atomic mass is 35.5. The van der Waals surface area contributed by atoms with Crippen LogP contribution < -0.4 is 16.8 Å². The Bertz CT molecular complexity index is 405. The topological polar surface area (TPSA) is 64.1 Å². The van der Waals surface area contributed by atoms with Crippen LogP contribution in [0.2, 0.25) is 5.02 Å². The number of benzene rings is 1. The first-order valence-corrected chi connectivity index (χ1v) is 5.74. The van der Waals surface area contributed by atoms with Gasteiger partial charge in [0.1, 0.15) is 5.02 Å². The predicted molar refractivity (Wildman–Crippen MR) is 66.1 cm³/mol. The quantitative estimate of drug-likeness (QED) is 0.716. The molecule has 3 nitrogen and oxygen atoms in total. The molecule has 0 heterocycles. The second-order valence-electron chi connectivity index (χ2n) is 4.24. The van der Waals surface area contributed by atoms with Gasteiger partial charge in [-0.3, -0.25) is 0 Å². The number of nitrogen functional groups attached to an aromatic ring is 2. The molecule has 1 saturated carbocycles. The number of hydrogen-bond acceptors (Lipinski definition) is 3. The Morgan fingerprint density at radius 1 is 1.38 bits per heavy atom. The zero-order valence-corrected chi connectivity index (χ0v) is 9.65. The summed E-state index contributed by atoms with van der Waals surface area (Å²) in [4.78, 5) is 0. The van der Waals surface area contributed by atoms with Crippen molar-refractivity contribution in [3.05, 3.63) is 16.9 Å². The molecule has 0 radical (unpaired) electrons. The summed E-state index contributed by atoms with van der Waals surface area (Å²) in [5.74, 6) is 0.0635. The fourth-order valence-corrected chi connectivity index (χ4v) is 1.94. The largest absolute Gasteiger partial charge is 0.397 e. The van der Waals surface area contributed by atoms with Crippen molar-refractivity contribution in [2.24, 2.45) is 5.92 Å². The van der Waals surface area contributed by atoms with E-state index in [0.29, 0.717) is 11.6 Å². The van der Waals surface area contributed by atoms with Crippen LogP contribution in [0, 0.1) is 11.7 Å². The molecule has 0 unspecified atom stereocenters. The Labute approximate surface area is 98.9 Å². The number of hydrogen-bond donors (Lipinski definition) is 3. The minimum absolute atomic E-state index is 0.0645. The highest BCUT2D eigenvalue weighted by molar-refractivity contribution is 6.33. The summed E-state index contributed by atoms with van der Waals surface area (Å²) in [5.41, 5.74) is 11.9. The van der Waals surface area contributed by atoms with Gasteiger partial charge in [0.15, 0.2) is 5.82 Å². The molecule has 5 N–H and O–H groups in total. The van der Waals surface area contributed by atoms with Crippen molar-refractivity contribution in [3.63, 3.8) is 0 Å². The van der Waals surface area contributed by atoms with E-state index in [1.807, 2.05) is 0 Å². The minimum Gasteiger partial charge on any atom is -0.397 e. The van der Waals surface area contributed by atoms with E-state index in [9.17, 15) is 4.39 Å². The number of rotatable bonds is 3. The average Bonchev–Trinajstić information content (AvgIpc) is 2.17. The van der Waals surface area contributed by atoms with E-state index in [-0.39, 0.29) is 16.4 Å². The molecule has 88 valence electrons. The highest BCUT2D eigenvalue weighted by Crippen LogP contribution is 2.34. The number of halogens is 2. The molecule has 16 heavy (non-hydrogen) atoms. The zero-order valence-electron chi connectivity index (χ0n) is 8.89. The smallest absolute Gasteiger partial charge is 0.169 e. The Hall–Kier alpha value is -1.16. The van der Waals surface area contributed by atoms with Crippen LogP contribution in [-0.4, -0.2) is 6.54 Å². The Balaban J connectivity index is 2.15. The lowest BCUT2D eigenvalue weighted by Crippen LogP contribution is -2.22. The van der Waals surface area contributed by atoms with Crippen molar-refractivity contribution in [3.8, 4) is 0 Å². The Kier molecular flexibility index (Phi) is 3.10. The van der Waals surface area contributed by atoms with E-state index in [1.165, 1.54) is 25.3 Å². The van der Waals surface area contributed by atoms with Gasteiger partial charge in [0.2, 0.25) is 0 Å². The first kappa shape index (κ1) is 11.3. The standard InChI is InChI=1S/C11H15ClFN3/c12-9-7(14)4-8(15)11(10(9)13)16-5-6-2-1-3-6/h4,6,16H,1-3,5,14-15H2. The van der Waals surface area contributed by atoms with Crippen LogP contribution in [-0.2, 0) is 0 Å². The molecule has 1 aromatic rings. The molecule has 0 spiro atoms. The van der Waals surface area contributed by atoms with Gasteiger partial charge in [0.05, 0.1) is 17.1 Å². The third kappa shape index (κ3) is 2.02. The second kappa shape index (κ2) is 4.37. The van der Waals surface area contributed by atoms with E-state index in [4.69, 9.17) is 23.1 Å². The van der Waals surface area contributed by atoms with Gasteiger partial charge in [-0.25, -0.2) is 4.39 Å². The maximum atomic E-state index is 13.7. The van der Waals surface area contributed by atoms with Crippen molar-refractivity contribution in [1.82, 2.24) is 0 Å². The molecular formula is C11H15ClFN3. The molecule has 0 aromatic heterocycles. The fraction of sp³-hybridized carbons (Fsp3) is 0.455. The SMILES string of the molecule is Nc1cc(N)c(NCC2CCC2)c(F)c1Cl. The summed E-state index contributed by atoms with van der Waals surface area (Å²) in [6.07, 6.45) is 3.64. The van der Waals surface area contributed by atoms with Crippen molar-refractivity contribution in [2.75, 3.05) is 23.3 Å². The van der Waals surface area contributed by atoms with Gasteiger partial charge in [-0.1, -0.05) is 18.0 Å². The van der Waals surface area contributed by atoms with Gasteiger partial charge in [-0.2, -0.15) is 0 Å². The van der Waals surface area contributed by atoms with Crippen LogP contribution in [0.4, 0.5) is 21.5 Å². The summed E-state index contributed by atoms with van der Waals surface area (Å²) >= 11 is 5.72. The van der Waals surface area contributed by atoms with Gasteiger partial charge in [0, 0.05) is 6.54 Å². The predicted octanol–water partition coefficient (Wildman–Crippen LogP) is 2.86. The van der Waals surface area contributed by atoms with E-state index in [1.54, 1.807) is 0 Å². The average molecular weight is 244 g/mol. The molecule has 2 rings (SSSR count). The van der Waals surface area contributed by atoms with E-state index < -0.39 is 5.82 Å². The van der Waals surface area contributed by atoms with Crippen molar-refractivity contribution < 1.29 is 4.39 Å². The zero-order chi connectivity index (χ0) is 11.7. The summed E-state index contributed by atoms with van der Waals surface area (Å²) in [7, 11) is 0. The lowest BCUT2D eigenvalue weighted by molar-refractivity contribution is 0.333. The third-order valence-electron chi connectivity index (χ3n) is 3.06. The minimum atomic E-state index is -0.557. The van der Waals surface area contributed by atoms with Gasteiger partial charge >= 0.3 is 0 Å². The van der Waals surface area contributed by atoms with Crippen molar-refractivity contribution in [2.45, 2.75) is 19.3 Å². The summed E-state index contributed by atoms with van der Waals surface area (Å²) in [6, 6.07) is 1.48. The molecule has 0 aliphatic heterocycles. The van der Waals surface area contributed by atoms with Crippen LogP contribution >= 0.6 is 11.6 Å². The lowest BCUT2D eigenvalue weighted by atomic mass is 9.85. The molecule has 0 atom stereocenters. The van der Waals surface area contributed by atoms with Crippen molar-refractivity contribution >= 4 is 28.7 Å². The van der Waals surface area contributed by atoms with Gasteiger partial charge in [-0.15, -0.1) is 0 Å². The van der Waals surface area contributed by atoms with E-state index in [0.717, 1.165) is 6.54 Å². The fourth-order valence-electron chi connectivity index (χ4n) is 1.79. The monoisotopic (exact) mass is 243 g/mol. The molecule has 0 amide bonds. The maximum Gasteiger partial charge on any atom is 0.169 e. The molecule has 1 aliphatic carbocycles. The lowest BCUT2D eigenvalue weighted by Gasteiger charge is -2.26. The Morgan fingerprint density at radius 2 is 2.06 bits per heavy atom. The number of anilines is 3. The first-order valence-electron chi connectivity index (χ1n) is 5.36. The van der Waals surface area contributed by atoms with Crippen LogP contribution in [0.1, 0.15) is 19.3 Å². The van der Waals surface area contributed by atoms with Gasteiger partial charge in [0.25, 0.3) is 0 Å². The number of nitrogens with one attached hydrogen (secondary N) is 1. The van der Waals surface area contributed by atoms with Gasteiger partial charge < -0.3 is 16.8 Å². The molecule has 1 fully saturated rings. The first-order chi connectivity index (χ1) is 7.59. The van der Waals surface area contributed by atoms with E-state index in [2.05, 4.69) is 5.32 Å². The normalized spacial score (nSPS) is 15.9. The molecule has 0 saturated heterocycles. The van der Waals surface area contributed by atoms with E-state index >= 15 is 0 Å². The third-order valence-corrected chi connectivity index (χ3v) is 3.44. The highest BCUT2D eigenvalue weighted by Gasteiger charge is 2.19. The van der Waals surface area contributed by atoms with Crippen molar-refractivity contribution in [1.29, 1.82) is 0 Å². The van der Waals surface area contributed by atoms with Gasteiger partial charge in [-0.05, 0) is 24.8 Å². The molecular weight excluding hydrogens is 229 g/mol.